The van der Waals surface area contributed by atoms with E-state index in [9.17, 15) is 14.4 Å². The summed E-state index contributed by atoms with van der Waals surface area (Å²) in [5, 5.41) is 2.28. The zero-order valence-corrected chi connectivity index (χ0v) is 11.7. The Hall–Kier alpha value is -2.37. The Bertz CT molecular complexity index is 556. The topological polar surface area (TPSA) is 69.7 Å². The molecule has 1 heterocycles. The van der Waals surface area contributed by atoms with Crippen molar-refractivity contribution < 1.29 is 14.4 Å². The highest BCUT2D eigenvalue weighted by Gasteiger charge is 2.51. The Morgan fingerprint density at radius 3 is 2.40 bits per heavy atom. The number of hydrogen-bond donors (Lipinski definition) is 1. The second-order valence-electron chi connectivity index (χ2n) is 5.07. The number of amides is 4. The van der Waals surface area contributed by atoms with Crippen molar-refractivity contribution in [1.29, 1.82) is 0 Å². The minimum atomic E-state index is -1.16. The summed E-state index contributed by atoms with van der Waals surface area (Å²) in [7, 11) is 3.22. The van der Waals surface area contributed by atoms with Crippen LogP contribution in [0.5, 0.6) is 0 Å². The van der Waals surface area contributed by atoms with E-state index in [0.717, 1.165) is 0 Å². The predicted molar refractivity (Wildman–Crippen MR) is 72.7 cm³/mol. The molecule has 6 nitrogen and oxygen atoms in total. The molecule has 1 aromatic rings. The maximum Gasteiger partial charge on any atom is 0.325 e. The van der Waals surface area contributed by atoms with Gasteiger partial charge in [0.05, 0.1) is 0 Å². The Kier molecular flexibility index (Phi) is 3.48. The zero-order chi connectivity index (χ0) is 14.9. The summed E-state index contributed by atoms with van der Waals surface area (Å²) in [6, 6.07) is 8.41. The van der Waals surface area contributed by atoms with Gasteiger partial charge in [-0.05, 0) is 12.5 Å². The number of hydrogen-bond acceptors (Lipinski definition) is 3. The molecule has 1 aliphatic heterocycles. The molecule has 1 unspecified atom stereocenters. The molecule has 0 aliphatic carbocycles. The fourth-order valence-corrected chi connectivity index (χ4v) is 2.17. The second-order valence-corrected chi connectivity index (χ2v) is 5.07. The predicted octanol–water partition coefficient (Wildman–Crippen LogP) is 0.542. The molecule has 4 amide bonds. The maximum atomic E-state index is 12.2. The van der Waals surface area contributed by atoms with E-state index in [4.69, 9.17) is 0 Å². The largest absolute Gasteiger partial charge is 0.347 e. The Labute approximate surface area is 117 Å². The van der Waals surface area contributed by atoms with Crippen LogP contribution in [0, 0.1) is 0 Å². The first kappa shape index (κ1) is 14.0. The summed E-state index contributed by atoms with van der Waals surface area (Å²) < 4.78 is 0. The van der Waals surface area contributed by atoms with Gasteiger partial charge in [-0.1, -0.05) is 30.3 Å². The molecule has 106 valence electrons. The number of rotatable bonds is 3. The van der Waals surface area contributed by atoms with Gasteiger partial charge in [0.1, 0.15) is 12.1 Å². The Morgan fingerprint density at radius 2 is 1.85 bits per heavy atom. The molecule has 0 aromatic heterocycles. The molecular formula is C14H17N3O3. The smallest absolute Gasteiger partial charge is 0.325 e. The molecule has 1 fully saturated rings. The third-order valence-electron chi connectivity index (χ3n) is 3.58. The van der Waals surface area contributed by atoms with Gasteiger partial charge >= 0.3 is 6.03 Å². The van der Waals surface area contributed by atoms with Crippen LogP contribution in [0.2, 0.25) is 0 Å². The fraction of sp³-hybridized carbons (Fsp3) is 0.357. The van der Waals surface area contributed by atoms with Crippen LogP contribution in [0.4, 0.5) is 4.79 Å². The molecule has 0 radical (unpaired) electrons. The van der Waals surface area contributed by atoms with Gasteiger partial charge in [0.2, 0.25) is 5.91 Å². The van der Waals surface area contributed by atoms with E-state index in [0.29, 0.717) is 5.56 Å². The van der Waals surface area contributed by atoms with Crippen LogP contribution in [0.3, 0.4) is 0 Å². The standard InChI is InChI=1S/C14H17N3O3/c1-14(10-7-5-4-6-8-10)12(19)15-13(20)17(14)9-11(18)16(2)3/h4-8H,9H2,1-3H3,(H,15,19,20). The number of nitrogens with one attached hydrogen (secondary N) is 1. The highest BCUT2D eigenvalue weighted by atomic mass is 16.2. The van der Waals surface area contributed by atoms with Gasteiger partial charge in [0.15, 0.2) is 0 Å². The lowest BCUT2D eigenvalue weighted by Crippen LogP contribution is -2.48. The quantitative estimate of drug-likeness (QED) is 0.819. The lowest BCUT2D eigenvalue weighted by molar-refractivity contribution is -0.132. The van der Waals surface area contributed by atoms with Gasteiger partial charge in [-0.25, -0.2) is 4.79 Å². The molecule has 1 aromatic carbocycles. The molecule has 2 rings (SSSR count). The van der Waals surface area contributed by atoms with Crippen molar-refractivity contribution in [1.82, 2.24) is 15.1 Å². The summed E-state index contributed by atoms with van der Waals surface area (Å²) >= 11 is 0. The number of carbonyl (C=O) groups excluding carboxylic acids is 3. The van der Waals surface area contributed by atoms with Crippen molar-refractivity contribution in [3.8, 4) is 0 Å². The minimum Gasteiger partial charge on any atom is -0.347 e. The Morgan fingerprint density at radius 1 is 1.25 bits per heavy atom. The van der Waals surface area contributed by atoms with Gasteiger partial charge in [0, 0.05) is 14.1 Å². The average molecular weight is 275 g/mol. The van der Waals surface area contributed by atoms with Crippen molar-refractivity contribution in [2.75, 3.05) is 20.6 Å². The highest BCUT2D eigenvalue weighted by molar-refractivity contribution is 6.08. The van der Waals surface area contributed by atoms with E-state index in [2.05, 4.69) is 5.32 Å². The molecule has 1 aliphatic rings. The van der Waals surface area contributed by atoms with Crippen molar-refractivity contribution in [2.24, 2.45) is 0 Å². The number of likely N-dealkylation sites (N-methyl/N-ethyl adjacent to an activating group) is 1. The SMILES string of the molecule is CN(C)C(=O)CN1C(=O)NC(=O)C1(C)c1ccccc1. The average Bonchev–Trinajstić information content (AvgIpc) is 2.64. The molecule has 0 saturated carbocycles. The van der Waals surface area contributed by atoms with Gasteiger partial charge in [-0.15, -0.1) is 0 Å². The number of urea groups is 1. The van der Waals surface area contributed by atoms with E-state index < -0.39 is 17.5 Å². The number of nitrogens with zero attached hydrogens (tertiary/aromatic N) is 2. The summed E-state index contributed by atoms with van der Waals surface area (Å²) in [6.07, 6.45) is 0. The van der Waals surface area contributed by atoms with Crippen molar-refractivity contribution in [3.05, 3.63) is 35.9 Å². The lowest BCUT2D eigenvalue weighted by Gasteiger charge is -2.32. The van der Waals surface area contributed by atoms with E-state index in [1.165, 1.54) is 9.80 Å². The van der Waals surface area contributed by atoms with E-state index in [-0.39, 0.29) is 12.5 Å². The van der Waals surface area contributed by atoms with Crippen LogP contribution in [0.1, 0.15) is 12.5 Å². The number of imide groups is 1. The molecule has 1 saturated heterocycles. The molecular weight excluding hydrogens is 258 g/mol. The summed E-state index contributed by atoms with van der Waals surface area (Å²) in [5.74, 6) is -0.655. The Balaban J connectivity index is 2.40. The van der Waals surface area contributed by atoms with Crippen molar-refractivity contribution in [3.63, 3.8) is 0 Å². The lowest BCUT2D eigenvalue weighted by atomic mass is 9.90. The zero-order valence-electron chi connectivity index (χ0n) is 11.7. The second kappa shape index (κ2) is 4.96. The van der Waals surface area contributed by atoms with Gasteiger partial charge in [-0.3, -0.25) is 19.8 Å². The number of benzene rings is 1. The first-order valence-electron chi connectivity index (χ1n) is 6.26. The minimum absolute atomic E-state index is 0.143. The molecule has 20 heavy (non-hydrogen) atoms. The molecule has 1 atom stereocenters. The van der Waals surface area contributed by atoms with Gasteiger partial charge in [-0.2, -0.15) is 0 Å². The van der Waals surface area contributed by atoms with E-state index >= 15 is 0 Å². The normalized spacial score (nSPS) is 21.9. The molecule has 0 bridgehead atoms. The summed E-state index contributed by atoms with van der Waals surface area (Å²) in [4.78, 5) is 38.6. The first-order valence-corrected chi connectivity index (χ1v) is 6.26. The van der Waals surface area contributed by atoms with Crippen LogP contribution in [-0.2, 0) is 15.1 Å². The fourth-order valence-electron chi connectivity index (χ4n) is 2.17. The first-order chi connectivity index (χ1) is 9.37. The molecule has 0 spiro atoms. The highest BCUT2D eigenvalue weighted by Crippen LogP contribution is 2.32. The van der Waals surface area contributed by atoms with Crippen LogP contribution < -0.4 is 5.32 Å². The van der Waals surface area contributed by atoms with Crippen molar-refractivity contribution in [2.45, 2.75) is 12.5 Å². The van der Waals surface area contributed by atoms with Crippen LogP contribution >= 0.6 is 0 Å². The van der Waals surface area contributed by atoms with Crippen LogP contribution in [0.25, 0.3) is 0 Å². The summed E-state index contributed by atoms with van der Waals surface area (Å²) in [6.45, 7) is 1.50. The molecule has 6 heteroatoms. The van der Waals surface area contributed by atoms with Gasteiger partial charge in [0.25, 0.3) is 5.91 Å². The van der Waals surface area contributed by atoms with E-state index in [1.807, 2.05) is 6.07 Å². The third-order valence-corrected chi connectivity index (χ3v) is 3.58. The van der Waals surface area contributed by atoms with Gasteiger partial charge < -0.3 is 4.90 Å². The number of carbonyl (C=O) groups is 3. The maximum absolute atomic E-state index is 12.2. The van der Waals surface area contributed by atoms with Crippen LogP contribution in [0.15, 0.2) is 30.3 Å². The van der Waals surface area contributed by atoms with Crippen LogP contribution in [-0.4, -0.2) is 48.3 Å². The van der Waals surface area contributed by atoms with Crippen molar-refractivity contribution >= 4 is 17.8 Å². The molecule has 1 N–H and O–H groups in total. The monoisotopic (exact) mass is 275 g/mol. The van der Waals surface area contributed by atoms with E-state index in [1.54, 1.807) is 45.3 Å². The summed E-state index contributed by atoms with van der Waals surface area (Å²) in [5.41, 5.74) is -0.487. The third kappa shape index (κ3) is 2.13.